The van der Waals surface area contributed by atoms with Crippen molar-refractivity contribution in [2.75, 3.05) is 4.90 Å². The second-order valence-electron chi connectivity index (χ2n) is 9.83. The molecule has 194 valence electrons. The Morgan fingerprint density at radius 2 is 1.55 bits per heavy atom. The van der Waals surface area contributed by atoms with Crippen molar-refractivity contribution < 1.29 is 24.5 Å². The van der Waals surface area contributed by atoms with Crippen molar-refractivity contribution in [3.05, 3.63) is 114 Å². The van der Waals surface area contributed by atoms with E-state index >= 15 is 0 Å². The van der Waals surface area contributed by atoms with E-state index in [4.69, 9.17) is 0 Å². The molecule has 0 radical (unpaired) electrons. The Morgan fingerprint density at radius 3 is 2.24 bits per heavy atom. The molecule has 3 atom stereocenters. The van der Waals surface area contributed by atoms with E-state index in [0.29, 0.717) is 36.8 Å². The van der Waals surface area contributed by atoms with Crippen LogP contribution in [0.15, 0.2) is 97.1 Å². The Morgan fingerprint density at radius 1 is 0.868 bits per heavy atom. The fourth-order valence-electron chi connectivity index (χ4n) is 5.41. The van der Waals surface area contributed by atoms with Crippen LogP contribution in [0.2, 0.25) is 0 Å². The van der Waals surface area contributed by atoms with Crippen molar-refractivity contribution in [3.8, 4) is 22.6 Å². The molecule has 1 saturated heterocycles. The summed E-state index contributed by atoms with van der Waals surface area (Å²) in [5.41, 5.74) is 4.08. The van der Waals surface area contributed by atoms with Gasteiger partial charge in [-0.15, -0.1) is 0 Å². The minimum atomic E-state index is -0.727. The highest BCUT2D eigenvalue weighted by atomic mass is 19.1. The fraction of sp³-hybridized carbons (Fsp3) is 0.219. The Balaban J connectivity index is 1.38. The molecule has 5 rings (SSSR count). The van der Waals surface area contributed by atoms with Gasteiger partial charge in [0.05, 0.1) is 12.1 Å². The first-order valence-electron chi connectivity index (χ1n) is 12.8. The lowest BCUT2D eigenvalue weighted by Crippen LogP contribution is -2.28. The van der Waals surface area contributed by atoms with Gasteiger partial charge in [0.1, 0.15) is 17.3 Å². The van der Waals surface area contributed by atoms with Gasteiger partial charge in [-0.2, -0.15) is 0 Å². The summed E-state index contributed by atoms with van der Waals surface area (Å²) in [5, 5.41) is 31.2. The summed E-state index contributed by atoms with van der Waals surface area (Å²) in [7, 11) is 0. The maximum atomic E-state index is 13.4. The SMILES string of the molecule is O=C1C[C@@H](CCC[C@H](O)c2ccc(F)cc2)[C@@H](c2ccc(O)cc2O)N1c1ccc(-c2ccccc2)cc1. The molecule has 1 heterocycles. The topological polar surface area (TPSA) is 81.0 Å². The summed E-state index contributed by atoms with van der Waals surface area (Å²) in [4.78, 5) is 15.1. The van der Waals surface area contributed by atoms with Gasteiger partial charge in [0.15, 0.2) is 0 Å². The average molecular weight is 512 g/mol. The van der Waals surface area contributed by atoms with Gasteiger partial charge in [0, 0.05) is 23.7 Å². The number of rotatable bonds is 8. The molecule has 0 aliphatic carbocycles. The van der Waals surface area contributed by atoms with Gasteiger partial charge in [-0.3, -0.25) is 4.79 Å². The number of aliphatic hydroxyl groups is 1. The summed E-state index contributed by atoms with van der Waals surface area (Å²) >= 11 is 0. The number of aromatic hydroxyl groups is 2. The van der Waals surface area contributed by atoms with Crippen LogP contribution >= 0.6 is 0 Å². The van der Waals surface area contributed by atoms with Crippen molar-refractivity contribution in [1.29, 1.82) is 0 Å². The van der Waals surface area contributed by atoms with Gasteiger partial charge in [0.25, 0.3) is 0 Å². The van der Waals surface area contributed by atoms with E-state index < -0.39 is 12.1 Å². The van der Waals surface area contributed by atoms with Crippen LogP contribution in [-0.4, -0.2) is 21.2 Å². The maximum absolute atomic E-state index is 13.4. The van der Waals surface area contributed by atoms with Gasteiger partial charge in [0.2, 0.25) is 5.91 Å². The summed E-state index contributed by atoms with van der Waals surface area (Å²) in [6, 6.07) is 27.7. The first-order valence-corrected chi connectivity index (χ1v) is 12.8. The normalized spacial score (nSPS) is 18.1. The van der Waals surface area contributed by atoms with Gasteiger partial charge in [-0.1, -0.05) is 61.0 Å². The largest absolute Gasteiger partial charge is 0.508 e. The summed E-state index contributed by atoms with van der Waals surface area (Å²) in [6.07, 6.45) is 1.34. The van der Waals surface area contributed by atoms with Gasteiger partial charge in [-0.25, -0.2) is 4.39 Å². The zero-order valence-electron chi connectivity index (χ0n) is 20.9. The molecule has 0 aromatic heterocycles. The lowest BCUT2D eigenvalue weighted by Gasteiger charge is -2.30. The number of aliphatic hydroxyl groups excluding tert-OH is 1. The first-order chi connectivity index (χ1) is 18.4. The number of benzene rings is 4. The number of anilines is 1. The van der Waals surface area contributed by atoms with Crippen molar-refractivity contribution in [2.24, 2.45) is 5.92 Å². The molecule has 6 heteroatoms. The second-order valence-corrected chi connectivity index (χ2v) is 9.83. The van der Waals surface area contributed by atoms with Crippen molar-refractivity contribution >= 4 is 11.6 Å². The molecule has 0 unspecified atom stereocenters. The van der Waals surface area contributed by atoms with Crippen LogP contribution in [0.4, 0.5) is 10.1 Å². The lowest BCUT2D eigenvalue weighted by atomic mass is 9.87. The van der Waals surface area contributed by atoms with Crippen LogP contribution in [0.25, 0.3) is 11.1 Å². The molecule has 3 N–H and O–H groups in total. The maximum Gasteiger partial charge on any atom is 0.227 e. The van der Waals surface area contributed by atoms with Crippen LogP contribution in [0.3, 0.4) is 0 Å². The number of carbonyl (C=O) groups excluding carboxylic acids is 1. The lowest BCUT2D eigenvalue weighted by molar-refractivity contribution is -0.117. The van der Waals surface area contributed by atoms with Crippen LogP contribution in [0.1, 0.15) is 49.0 Å². The van der Waals surface area contributed by atoms with E-state index in [-0.39, 0.29) is 29.1 Å². The van der Waals surface area contributed by atoms with Crippen LogP contribution < -0.4 is 4.90 Å². The van der Waals surface area contributed by atoms with Gasteiger partial charge in [-0.05, 0) is 71.8 Å². The van der Waals surface area contributed by atoms with Crippen LogP contribution in [0, 0.1) is 11.7 Å². The van der Waals surface area contributed by atoms with Gasteiger partial charge < -0.3 is 20.2 Å². The highest BCUT2D eigenvalue weighted by molar-refractivity contribution is 5.97. The van der Waals surface area contributed by atoms with Crippen molar-refractivity contribution in [1.82, 2.24) is 0 Å². The number of hydrogen-bond donors (Lipinski definition) is 3. The third-order valence-electron chi connectivity index (χ3n) is 7.32. The standard InChI is InChI=1S/C32H30FNO4/c33-25-13-9-23(10-14-25)29(36)8-4-7-24-19-31(38)34(32(24)28-18-17-27(35)20-30(28)37)26-15-11-22(12-16-26)21-5-2-1-3-6-21/h1-3,5-6,9-18,20,24,29,32,35-37H,4,7-8,19H2/t24-,29+,32+/m1/s1. The molecule has 4 aromatic carbocycles. The summed E-state index contributed by atoms with van der Waals surface area (Å²) < 4.78 is 13.2. The predicted octanol–water partition coefficient (Wildman–Crippen LogP) is 6.90. The molecular weight excluding hydrogens is 481 g/mol. The van der Waals surface area contributed by atoms with E-state index in [1.807, 2.05) is 54.6 Å². The Hall–Kier alpha value is -4.16. The van der Waals surface area contributed by atoms with E-state index in [0.717, 1.165) is 16.8 Å². The third-order valence-corrected chi connectivity index (χ3v) is 7.32. The molecule has 1 fully saturated rings. The molecule has 1 amide bonds. The molecule has 0 saturated carbocycles. The smallest absolute Gasteiger partial charge is 0.227 e. The van der Waals surface area contributed by atoms with E-state index in [9.17, 15) is 24.5 Å². The zero-order chi connectivity index (χ0) is 26.6. The number of amides is 1. The molecule has 5 nitrogen and oxygen atoms in total. The first kappa shape index (κ1) is 25.5. The molecule has 38 heavy (non-hydrogen) atoms. The minimum Gasteiger partial charge on any atom is -0.508 e. The molecule has 0 bridgehead atoms. The quantitative estimate of drug-likeness (QED) is 0.240. The minimum absolute atomic E-state index is 0.0426. The van der Waals surface area contributed by atoms with Gasteiger partial charge >= 0.3 is 0 Å². The third kappa shape index (κ3) is 5.41. The number of carbonyl (C=O) groups is 1. The highest BCUT2D eigenvalue weighted by Crippen LogP contribution is 2.47. The average Bonchev–Trinajstić information content (AvgIpc) is 3.25. The Kier molecular flexibility index (Phi) is 7.43. The number of nitrogens with zero attached hydrogens (tertiary/aromatic N) is 1. The van der Waals surface area contributed by atoms with E-state index in [1.165, 1.54) is 24.3 Å². The van der Waals surface area contributed by atoms with E-state index in [2.05, 4.69) is 0 Å². The summed E-state index contributed by atoms with van der Waals surface area (Å²) in [5.74, 6) is -0.606. The number of phenols is 2. The van der Waals surface area contributed by atoms with Crippen molar-refractivity contribution in [3.63, 3.8) is 0 Å². The molecule has 1 aliphatic rings. The molecule has 0 spiro atoms. The number of hydrogen-bond acceptors (Lipinski definition) is 4. The predicted molar refractivity (Wildman–Crippen MR) is 145 cm³/mol. The fourth-order valence-corrected chi connectivity index (χ4v) is 5.41. The molecule has 4 aromatic rings. The van der Waals surface area contributed by atoms with Crippen molar-refractivity contribution in [2.45, 2.75) is 37.8 Å². The second kappa shape index (κ2) is 11.1. The monoisotopic (exact) mass is 511 g/mol. The Labute approximate surface area is 221 Å². The Bertz CT molecular complexity index is 1390. The van der Waals surface area contributed by atoms with Crippen LogP contribution in [-0.2, 0) is 4.79 Å². The number of phenolic OH excluding ortho intramolecular Hbond substituents is 2. The van der Waals surface area contributed by atoms with E-state index in [1.54, 1.807) is 23.1 Å². The highest BCUT2D eigenvalue weighted by Gasteiger charge is 2.42. The zero-order valence-corrected chi connectivity index (χ0v) is 20.9. The molecule has 1 aliphatic heterocycles. The summed E-state index contributed by atoms with van der Waals surface area (Å²) in [6.45, 7) is 0. The molecular formula is C32H30FNO4. The van der Waals surface area contributed by atoms with Crippen LogP contribution in [0.5, 0.6) is 11.5 Å². The number of halogens is 1.